The molecule has 1 fully saturated rings. The molecular formula is C26H23N3O2S. The van der Waals surface area contributed by atoms with Crippen molar-refractivity contribution in [3.05, 3.63) is 103 Å². The lowest BCUT2D eigenvalue weighted by atomic mass is 10.0. The van der Waals surface area contributed by atoms with Crippen LogP contribution in [0.25, 0.3) is 11.3 Å². The molecule has 1 saturated heterocycles. The van der Waals surface area contributed by atoms with Gasteiger partial charge in [-0.1, -0.05) is 36.4 Å². The van der Waals surface area contributed by atoms with Gasteiger partial charge in [-0.25, -0.2) is 0 Å². The van der Waals surface area contributed by atoms with E-state index < -0.39 is 0 Å². The third-order valence-corrected chi connectivity index (χ3v) is 5.82. The minimum absolute atomic E-state index is 0.148. The van der Waals surface area contributed by atoms with E-state index in [2.05, 4.69) is 15.2 Å². The van der Waals surface area contributed by atoms with E-state index in [0.29, 0.717) is 11.7 Å². The van der Waals surface area contributed by atoms with Crippen LogP contribution in [0.4, 0.5) is 5.69 Å². The molecule has 0 aliphatic carbocycles. The van der Waals surface area contributed by atoms with Crippen LogP contribution in [0.3, 0.4) is 0 Å². The van der Waals surface area contributed by atoms with Crippen LogP contribution in [0.5, 0.6) is 5.75 Å². The Morgan fingerprint density at radius 3 is 2.47 bits per heavy atom. The molecule has 0 spiro atoms. The number of thiocarbonyl (C=S) groups is 1. The lowest BCUT2D eigenvalue weighted by Crippen LogP contribution is -2.29. The predicted octanol–water partition coefficient (Wildman–Crippen LogP) is 5.92. The second-order valence-corrected chi connectivity index (χ2v) is 7.88. The van der Waals surface area contributed by atoms with Gasteiger partial charge in [-0.05, 0) is 67.7 Å². The summed E-state index contributed by atoms with van der Waals surface area (Å²) in [7, 11) is 0. The molecule has 160 valence electrons. The third-order valence-electron chi connectivity index (χ3n) is 5.50. The van der Waals surface area contributed by atoms with Crippen LogP contribution in [0, 0.1) is 0 Å². The largest absolute Gasteiger partial charge is 0.494 e. The van der Waals surface area contributed by atoms with Gasteiger partial charge in [0, 0.05) is 17.4 Å². The highest BCUT2D eigenvalue weighted by Crippen LogP contribution is 2.43. The van der Waals surface area contributed by atoms with Crippen LogP contribution in [-0.2, 0) is 0 Å². The van der Waals surface area contributed by atoms with Crippen molar-refractivity contribution in [2.24, 2.45) is 0 Å². The lowest BCUT2D eigenvalue weighted by Gasteiger charge is -2.26. The SMILES string of the molecule is CCOc1ccc(N2C(=S)N[C@H](c3ccccn3)[C@@H]2c2ccc(-c3ccccc3)o2)cc1. The van der Waals surface area contributed by atoms with Gasteiger partial charge in [0.05, 0.1) is 18.3 Å². The summed E-state index contributed by atoms with van der Waals surface area (Å²) in [6, 6.07) is 27.7. The first kappa shape index (κ1) is 20.3. The number of furan rings is 1. The molecule has 1 aliphatic heterocycles. The molecule has 0 radical (unpaired) electrons. The zero-order valence-corrected chi connectivity index (χ0v) is 18.5. The molecule has 0 amide bonds. The first-order valence-corrected chi connectivity index (χ1v) is 11.0. The first-order valence-electron chi connectivity index (χ1n) is 10.6. The smallest absolute Gasteiger partial charge is 0.174 e. The second kappa shape index (κ2) is 8.85. The summed E-state index contributed by atoms with van der Waals surface area (Å²) in [4.78, 5) is 6.69. The zero-order chi connectivity index (χ0) is 21.9. The maximum Gasteiger partial charge on any atom is 0.174 e. The van der Waals surface area contributed by atoms with Crippen molar-refractivity contribution >= 4 is 23.0 Å². The van der Waals surface area contributed by atoms with E-state index in [1.54, 1.807) is 6.20 Å². The summed E-state index contributed by atoms with van der Waals surface area (Å²) in [5.74, 6) is 2.47. The number of nitrogens with zero attached hydrogens (tertiary/aromatic N) is 2. The molecule has 4 aromatic rings. The van der Waals surface area contributed by atoms with Crippen LogP contribution in [-0.4, -0.2) is 16.7 Å². The van der Waals surface area contributed by atoms with Gasteiger partial charge in [0.15, 0.2) is 5.11 Å². The number of benzene rings is 2. The molecule has 5 nitrogen and oxygen atoms in total. The fourth-order valence-corrected chi connectivity index (χ4v) is 4.41. The molecule has 1 aliphatic rings. The monoisotopic (exact) mass is 441 g/mol. The zero-order valence-electron chi connectivity index (χ0n) is 17.6. The molecule has 1 N–H and O–H groups in total. The number of ether oxygens (including phenoxy) is 1. The van der Waals surface area contributed by atoms with Crippen molar-refractivity contribution in [3.63, 3.8) is 0 Å². The molecule has 2 aromatic heterocycles. The maximum absolute atomic E-state index is 6.37. The lowest BCUT2D eigenvalue weighted by molar-refractivity contribution is 0.340. The summed E-state index contributed by atoms with van der Waals surface area (Å²) >= 11 is 5.78. The maximum atomic E-state index is 6.37. The molecule has 5 rings (SSSR count). The van der Waals surface area contributed by atoms with Gasteiger partial charge in [0.1, 0.15) is 23.3 Å². The molecule has 2 aromatic carbocycles. The Morgan fingerprint density at radius 1 is 0.969 bits per heavy atom. The van der Waals surface area contributed by atoms with E-state index in [1.807, 2.05) is 91.9 Å². The Morgan fingerprint density at radius 2 is 1.75 bits per heavy atom. The topological polar surface area (TPSA) is 50.5 Å². The predicted molar refractivity (Wildman–Crippen MR) is 130 cm³/mol. The molecule has 6 heteroatoms. The number of pyridine rings is 1. The quantitative estimate of drug-likeness (QED) is 0.375. The minimum Gasteiger partial charge on any atom is -0.494 e. The van der Waals surface area contributed by atoms with E-state index in [-0.39, 0.29) is 12.1 Å². The highest BCUT2D eigenvalue weighted by atomic mass is 32.1. The van der Waals surface area contributed by atoms with E-state index in [9.17, 15) is 0 Å². The average Bonchev–Trinajstić information content (AvgIpc) is 3.46. The number of aromatic nitrogens is 1. The third kappa shape index (κ3) is 3.85. The molecule has 0 bridgehead atoms. The van der Waals surface area contributed by atoms with Crippen molar-refractivity contribution in [2.75, 3.05) is 11.5 Å². The van der Waals surface area contributed by atoms with Crippen LogP contribution in [0.15, 0.2) is 95.5 Å². The van der Waals surface area contributed by atoms with Crippen LogP contribution in [0.1, 0.15) is 30.5 Å². The number of anilines is 1. The molecular weight excluding hydrogens is 418 g/mol. The van der Waals surface area contributed by atoms with E-state index in [4.69, 9.17) is 21.4 Å². The molecule has 3 heterocycles. The van der Waals surface area contributed by atoms with Gasteiger partial charge in [-0.15, -0.1) is 0 Å². The second-order valence-electron chi connectivity index (χ2n) is 7.49. The molecule has 0 saturated carbocycles. The van der Waals surface area contributed by atoms with Gasteiger partial charge >= 0.3 is 0 Å². The Kier molecular flexibility index (Phi) is 5.60. The number of rotatable bonds is 6. The Labute approximate surface area is 192 Å². The van der Waals surface area contributed by atoms with E-state index in [1.165, 1.54) is 0 Å². The molecule has 32 heavy (non-hydrogen) atoms. The van der Waals surface area contributed by atoms with Crippen molar-refractivity contribution in [1.82, 2.24) is 10.3 Å². The summed E-state index contributed by atoms with van der Waals surface area (Å²) in [5.41, 5.74) is 2.91. The Balaban J connectivity index is 1.56. The number of hydrogen-bond donors (Lipinski definition) is 1. The van der Waals surface area contributed by atoms with Gasteiger partial charge in [0.2, 0.25) is 0 Å². The van der Waals surface area contributed by atoms with Crippen molar-refractivity contribution < 1.29 is 9.15 Å². The average molecular weight is 442 g/mol. The normalized spacial score (nSPS) is 17.9. The molecule has 0 unspecified atom stereocenters. The van der Waals surface area contributed by atoms with Crippen molar-refractivity contribution in [2.45, 2.75) is 19.0 Å². The minimum atomic E-state index is -0.187. The fraction of sp³-hybridized carbons (Fsp3) is 0.154. The van der Waals surface area contributed by atoms with Crippen molar-refractivity contribution in [3.8, 4) is 17.1 Å². The Hall–Kier alpha value is -3.64. The summed E-state index contributed by atoms with van der Waals surface area (Å²) in [5, 5.41) is 4.09. The highest BCUT2D eigenvalue weighted by molar-refractivity contribution is 7.80. The van der Waals surface area contributed by atoms with Crippen molar-refractivity contribution in [1.29, 1.82) is 0 Å². The number of nitrogens with one attached hydrogen (secondary N) is 1. The summed E-state index contributed by atoms with van der Waals surface area (Å²) < 4.78 is 12.0. The number of hydrogen-bond acceptors (Lipinski definition) is 4. The van der Waals surface area contributed by atoms with Crippen LogP contribution in [0.2, 0.25) is 0 Å². The standard InChI is InChI=1S/C26H23N3O2S/c1-2-30-20-13-11-19(12-14-20)29-25(24(28-26(29)32)21-10-6-7-17-27-21)23-16-15-22(31-23)18-8-4-3-5-9-18/h3-17,24-25H,2H2,1H3,(H,28,32)/t24-,25+/m1/s1. The molecule has 2 atom stereocenters. The van der Waals surface area contributed by atoms with E-state index >= 15 is 0 Å². The van der Waals surface area contributed by atoms with Gasteiger partial charge < -0.3 is 19.4 Å². The van der Waals surface area contributed by atoms with Gasteiger partial charge in [0.25, 0.3) is 0 Å². The van der Waals surface area contributed by atoms with Gasteiger partial charge in [-0.3, -0.25) is 4.98 Å². The fourth-order valence-electron chi connectivity index (χ4n) is 4.06. The van der Waals surface area contributed by atoms with E-state index in [0.717, 1.165) is 34.2 Å². The van der Waals surface area contributed by atoms with Gasteiger partial charge in [-0.2, -0.15) is 0 Å². The first-order chi connectivity index (χ1) is 15.7. The summed E-state index contributed by atoms with van der Waals surface area (Å²) in [6.45, 7) is 2.60. The highest BCUT2D eigenvalue weighted by Gasteiger charge is 2.42. The van der Waals surface area contributed by atoms with Crippen LogP contribution >= 0.6 is 12.2 Å². The van der Waals surface area contributed by atoms with Crippen LogP contribution < -0.4 is 15.0 Å². The summed E-state index contributed by atoms with van der Waals surface area (Å²) in [6.07, 6.45) is 1.80. The Bertz CT molecular complexity index is 1190.